The molecule has 0 fully saturated rings. The summed E-state index contributed by atoms with van der Waals surface area (Å²) in [4.78, 5) is 45.9. The van der Waals surface area contributed by atoms with E-state index in [-0.39, 0.29) is 160 Å². The number of nitrogens with zero attached hydrogens (tertiary/aromatic N) is 12. The van der Waals surface area contributed by atoms with Gasteiger partial charge in [-0.1, -0.05) is 146 Å². The molecule has 0 saturated carbocycles. The van der Waals surface area contributed by atoms with E-state index in [1.165, 1.54) is 24.3 Å². The van der Waals surface area contributed by atoms with Crippen LogP contribution >= 0.6 is 0 Å². The molecule has 8 aromatic carbocycles. The van der Waals surface area contributed by atoms with Crippen LogP contribution in [0.3, 0.4) is 0 Å². The van der Waals surface area contributed by atoms with Gasteiger partial charge in [0.05, 0.1) is 39.2 Å². The number of nitrogens with one attached hydrogen (secondary N) is 4. The van der Waals surface area contributed by atoms with E-state index in [1.54, 1.807) is 121 Å². The Morgan fingerprint density at radius 2 is 0.310 bits per heavy atom. The maximum atomic E-state index is 13.0. The zero-order valence-electron chi connectivity index (χ0n) is 55.5. The van der Waals surface area contributed by atoms with Gasteiger partial charge in [-0.25, -0.2) is 127 Å². The molecule has 4 aliphatic heterocycles. The third-order valence-corrected chi connectivity index (χ3v) is 25.7. The second-order valence-corrected chi connectivity index (χ2v) is 34.8. The van der Waals surface area contributed by atoms with Gasteiger partial charge < -0.3 is 56.4 Å². The number of H-pyrrole nitrogens is 4. The molecule has 16 bridgehead atoms. The summed E-state index contributed by atoms with van der Waals surface area (Å²) in [6.07, 6.45) is 0. The summed E-state index contributed by atoms with van der Waals surface area (Å²) in [6, 6.07) is 39.1. The Bertz CT molecular complexity index is 7250. The molecule has 0 saturated heterocycles. The van der Waals surface area contributed by atoms with Gasteiger partial charge in [0.1, 0.15) is 126 Å². The van der Waals surface area contributed by atoms with Gasteiger partial charge in [0, 0.05) is 87.6 Å². The van der Waals surface area contributed by atoms with Crippen molar-refractivity contribution < 1.29 is 172 Å². The van der Waals surface area contributed by atoms with E-state index in [0.717, 1.165) is 0 Å². The molecule has 40 nitrogen and oxygen atoms in total. The van der Waals surface area contributed by atoms with E-state index in [9.17, 15) is 104 Å². The second-order valence-electron chi connectivity index (χ2n) is 24.3. The van der Waals surface area contributed by atoms with Gasteiger partial charge in [-0.2, -0.15) is 0 Å². The van der Waals surface area contributed by atoms with E-state index >= 15 is 0 Å². The van der Waals surface area contributed by atoms with E-state index in [1.807, 2.05) is 0 Å². The standard InChI is InChI=1S/2C32H18N8O12S4.4Cu/c2*41-53(42,43)21-19-20(22(54(44,45)46)24(56(50,51)52)23(21)55(47,48)49)32-39-30-18-12-6-4-10-16(18)28(37-30)35-26-14-8-2-1-7-13(14)25(33-26)34-27-15-9-3-5-11-17(15)29(36-27)38-31(19)40-32;;;;/h2*1-12H,(H,41,42,43)(H,44,45,46)(H,47,48,49)(H,50,51,52)(H2,33,34,35,36,37,38,39,40);;;;/q;;4*+2/p-8. The third-order valence-electron chi connectivity index (χ3n) is 17.6. The van der Waals surface area contributed by atoms with Crippen LogP contribution in [0.25, 0.3) is 179 Å². The molecule has 6 aromatic heterocycles. The Hall–Kier alpha value is -10.2. The number of fused-ring (bicyclic) bond motifs is 40. The molecular weight excluding hydrogens is 1890 g/mol. The predicted molar refractivity (Wildman–Crippen MR) is 376 cm³/mol. The normalized spacial score (nSPS) is 12.8. The summed E-state index contributed by atoms with van der Waals surface area (Å²) in [6.45, 7) is 0. The fourth-order valence-electron chi connectivity index (χ4n) is 13.4. The molecule has 4 N–H and O–H groups in total. The first kappa shape index (κ1) is 83.8. The van der Waals surface area contributed by atoms with E-state index < -0.39 is 164 Å². The monoisotopic (exact) mass is 1910 g/mol. The van der Waals surface area contributed by atoms with Gasteiger partial charge in [-0.05, 0) is 0 Å². The van der Waals surface area contributed by atoms with Gasteiger partial charge in [-0.15, -0.1) is 0 Å². The van der Waals surface area contributed by atoms with Crippen LogP contribution < -0.4 is 0 Å². The molecule has 0 spiro atoms. The molecule has 116 heavy (non-hydrogen) atoms. The van der Waals surface area contributed by atoms with Crippen molar-refractivity contribution in [2.45, 2.75) is 39.2 Å². The zero-order chi connectivity index (χ0) is 79.4. The number of hydrogen-bond acceptors (Lipinski definition) is 36. The van der Waals surface area contributed by atoms with Crippen LogP contribution in [0.15, 0.2) is 185 Å². The van der Waals surface area contributed by atoms with Gasteiger partial charge in [0.15, 0.2) is 46.6 Å². The summed E-state index contributed by atoms with van der Waals surface area (Å²) in [5.41, 5.74) is -0.567. The summed E-state index contributed by atoms with van der Waals surface area (Å²) in [7, 11) is -52.0. The largest absolute Gasteiger partial charge is 2.00 e. The van der Waals surface area contributed by atoms with Crippen molar-refractivity contribution in [3.63, 3.8) is 0 Å². The predicted octanol–water partition coefficient (Wildman–Crippen LogP) is 4.96. The average molecular weight is 1920 g/mol. The van der Waals surface area contributed by atoms with Crippen molar-refractivity contribution >= 4 is 169 Å². The van der Waals surface area contributed by atoms with Crippen LogP contribution in [-0.4, -0.2) is 184 Å². The Balaban J connectivity index is 0.000000195. The molecule has 4 aliphatic rings. The number of aromatic nitrogens is 16. The van der Waals surface area contributed by atoms with E-state index in [2.05, 4.69) is 59.8 Å². The summed E-state index contributed by atoms with van der Waals surface area (Å²) in [5, 5.41) is -3.12. The number of benzene rings is 8. The molecule has 600 valence electrons. The molecule has 52 heteroatoms. The fourth-order valence-corrected chi connectivity index (χ4v) is 23.1. The topological polar surface area (TPSA) is 675 Å². The van der Waals surface area contributed by atoms with Crippen molar-refractivity contribution in [2.24, 2.45) is 0 Å². The van der Waals surface area contributed by atoms with Crippen LogP contribution in [-0.2, 0) is 149 Å². The Kier molecular flexibility index (Phi) is 20.9. The van der Waals surface area contributed by atoms with Crippen molar-refractivity contribution in [3.05, 3.63) is 146 Å². The minimum Gasteiger partial charge on any atom is -0.744 e. The summed E-state index contributed by atoms with van der Waals surface area (Å²) < 4.78 is 308. The zero-order valence-corrected chi connectivity index (χ0v) is 65.8. The Morgan fingerprint density at radius 1 is 0.181 bits per heavy atom. The minimum atomic E-state index is -6.60. The van der Waals surface area contributed by atoms with Crippen molar-refractivity contribution in [1.82, 2.24) is 79.7 Å². The molecular formula is C64H28Cu4N16O24S8. The van der Waals surface area contributed by atoms with Gasteiger partial charge >= 0.3 is 68.3 Å². The smallest absolute Gasteiger partial charge is 0.744 e. The first-order valence-electron chi connectivity index (χ1n) is 31.0. The molecule has 10 heterocycles. The maximum absolute atomic E-state index is 13.0. The Morgan fingerprint density at radius 3 is 0.457 bits per heavy atom. The van der Waals surface area contributed by atoms with Crippen molar-refractivity contribution in [2.75, 3.05) is 0 Å². The van der Waals surface area contributed by atoms with E-state index in [4.69, 9.17) is 19.9 Å². The van der Waals surface area contributed by atoms with Crippen LogP contribution in [0, 0.1) is 0 Å². The Labute approximate surface area is 690 Å². The van der Waals surface area contributed by atoms with Gasteiger partial charge in [0.2, 0.25) is 0 Å². The third kappa shape index (κ3) is 14.0. The molecule has 18 rings (SSSR count). The molecule has 0 unspecified atom stereocenters. The summed E-state index contributed by atoms with van der Waals surface area (Å²) in [5.74, 6) is -1.27. The second kappa shape index (κ2) is 28.9. The van der Waals surface area contributed by atoms with Crippen LogP contribution in [0.2, 0.25) is 0 Å². The SMILES string of the molecule is O=S(=O)([O-])c1c(S(=O)(=O)[O-])c(S(=O)(=O)[O-])c2c3nc4nc(nc5[nH]c(nc6nc(nc([nH]3)c2c1S(=O)(=O)[O-])-c1ccccc1-6)c1ccccc51)-c1ccccc1-4.O=S(=O)([O-])c1c(S(=O)(=O)[O-])c(S(=O)(=O)[O-])c2c3nc4nc(nc5[nH]c(nc6nc(nc([nH]3)c2c1S(=O)(=O)[O-])-c1ccccc1-6)c1ccccc51)-c1ccccc1-4.[Cu+2].[Cu+2].[Cu+2].[Cu+2]. The van der Waals surface area contributed by atoms with Crippen molar-refractivity contribution in [3.8, 4) is 91.1 Å². The van der Waals surface area contributed by atoms with E-state index in [0.29, 0.717) is 43.8 Å². The van der Waals surface area contributed by atoms with Crippen molar-refractivity contribution in [1.29, 1.82) is 0 Å². The van der Waals surface area contributed by atoms with Crippen LogP contribution in [0.4, 0.5) is 0 Å². The first-order chi connectivity index (χ1) is 52.6. The molecule has 14 aromatic rings. The van der Waals surface area contributed by atoms with Gasteiger partial charge in [-0.3, -0.25) is 0 Å². The summed E-state index contributed by atoms with van der Waals surface area (Å²) >= 11 is 0. The molecule has 4 radical (unpaired) electrons. The number of aromatic amines is 4. The molecule has 0 aliphatic carbocycles. The van der Waals surface area contributed by atoms with Crippen LogP contribution in [0.5, 0.6) is 0 Å². The first-order valence-corrected chi connectivity index (χ1v) is 42.2. The molecule has 0 atom stereocenters. The molecule has 0 amide bonds. The number of hydrogen-bond donors (Lipinski definition) is 4. The van der Waals surface area contributed by atoms with Gasteiger partial charge in [0.25, 0.3) is 0 Å². The average Bonchev–Trinajstić information content (AvgIpc) is 1.40. The minimum absolute atomic E-state index is 0. The fraction of sp³-hybridized carbons (Fsp3) is 0. The quantitative estimate of drug-likeness (QED) is 0.115. The maximum Gasteiger partial charge on any atom is 2.00 e. The van der Waals surface area contributed by atoms with Crippen LogP contribution in [0.1, 0.15) is 0 Å². The number of rotatable bonds is 8.